The van der Waals surface area contributed by atoms with Gasteiger partial charge in [-0.15, -0.1) is 0 Å². The van der Waals surface area contributed by atoms with Crippen LogP contribution in [0.5, 0.6) is 0 Å². The highest BCUT2D eigenvalue weighted by molar-refractivity contribution is 9.11. The zero-order valence-corrected chi connectivity index (χ0v) is 14.4. The molecule has 110 valence electrons. The number of carbonyl (C=O) groups excluding carboxylic acids is 1. The summed E-state index contributed by atoms with van der Waals surface area (Å²) in [5, 5.41) is 3.11. The summed E-state index contributed by atoms with van der Waals surface area (Å²) in [7, 11) is 0. The Balaban J connectivity index is 2.42. The molecule has 0 spiro atoms. The number of benzene rings is 1. The van der Waals surface area contributed by atoms with E-state index in [1.807, 2.05) is 18.2 Å². The fourth-order valence-corrected chi connectivity index (χ4v) is 2.88. The fourth-order valence-electron chi connectivity index (χ4n) is 1.68. The van der Waals surface area contributed by atoms with E-state index in [4.69, 9.17) is 10.5 Å². The minimum absolute atomic E-state index is 0.284. The first-order valence-corrected chi connectivity index (χ1v) is 7.75. The average molecular weight is 415 g/mol. The minimum atomic E-state index is -0.469. The highest BCUT2D eigenvalue weighted by atomic mass is 79.9. The van der Waals surface area contributed by atoms with Gasteiger partial charge in [0.25, 0.3) is 0 Å². The number of hydrogen-bond donors (Lipinski definition) is 2. The number of aromatic nitrogens is 1. The molecular formula is C14H13Br2N3O2. The van der Waals surface area contributed by atoms with Gasteiger partial charge < -0.3 is 15.8 Å². The molecule has 0 aliphatic carbocycles. The molecule has 2 aromatic rings. The third-order valence-corrected chi connectivity index (χ3v) is 3.93. The summed E-state index contributed by atoms with van der Waals surface area (Å²) >= 11 is 6.90. The second-order valence-corrected chi connectivity index (χ2v) is 5.82. The summed E-state index contributed by atoms with van der Waals surface area (Å²) in [6, 6.07) is 7.20. The molecule has 0 saturated carbocycles. The number of nitrogens with two attached hydrogens (primary N) is 1. The van der Waals surface area contributed by atoms with E-state index in [9.17, 15) is 4.79 Å². The van der Waals surface area contributed by atoms with Crippen molar-refractivity contribution in [3.8, 4) is 0 Å². The van der Waals surface area contributed by atoms with Crippen LogP contribution >= 0.6 is 31.9 Å². The molecule has 1 aromatic heterocycles. The molecule has 1 heterocycles. The number of nitrogens with zero attached hydrogens (tertiary/aromatic N) is 1. The van der Waals surface area contributed by atoms with Crippen LogP contribution in [0.4, 0.5) is 17.2 Å². The van der Waals surface area contributed by atoms with E-state index >= 15 is 0 Å². The maximum Gasteiger partial charge on any atom is 0.341 e. The molecule has 0 atom stereocenters. The monoisotopic (exact) mass is 413 g/mol. The number of ether oxygens (including phenoxy) is 1. The van der Waals surface area contributed by atoms with E-state index in [1.54, 1.807) is 6.92 Å². The van der Waals surface area contributed by atoms with Gasteiger partial charge >= 0.3 is 5.97 Å². The molecule has 0 amide bonds. The topological polar surface area (TPSA) is 77.2 Å². The normalized spacial score (nSPS) is 10.2. The van der Waals surface area contributed by atoms with Gasteiger partial charge in [-0.25, -0.2) is 9.78 Å². The van der Waals surface area contributed by atoms with Crippen LogP contribution in [-0.2, 0) is 4.74 Å². The molecule has 2 rings (SSSR count). The average Bonchev–Trinajstić information content (AvgIpc) is 2.44. The van der Waals surface area contributed by atoms with Crippen molar-refractivity contribution in [3.05, 3.63) is 45.0 Å². The standard InChI is InChI=1S/C14H13Br2N3O2/c1-2-21-14(20)9-6-8(17)7-18-13(9)19-12-10(15)4-3-5-11(12)16/h3-7H,2,17H2,1H3,(H,18,19). The van der Waals surface area contributed by atoms with Crippen LogP contribution in [0.1, 0.15) is 17.3 Å². The molecule has 0 fully saturated rings. The molecule has 3 N–H and O–H groups in total. The number of anilines is 3. The van der Waals surface area contributed by atoms with Crippen LogP contribution in [0.15, 0.2) is 39.4 Å². The highest BCUT2D eigenvalue weighted by Gasteiger charge is 2.16. The molecule has 0 unspecified atom stereocenters. The Bertz CT molecular complexity index is 657. The Hall–Kier alpha value is -1.60. The van der Waals surface area contributed by atoms with Crippen LogP contribution in [0.3, 0.4) is 0 Å². The zero-order chi connectivity index (χ0) is 15.4. The van der Waals surface area contributed by atoms with Gasteiger partial charge in [-0.3, -0.25) is 0 Å². The number of hydrogen-bond acceptors (Lipinski definition) is 5. The van der Waals surface area contributed by atoms with Gasteiger partial charge in [0.15, 0.2) is 0 Å². The predicted octanol–water partition coefficient (Wildman–Crippen LogP) is 4.11. The molecule has 0 aliphatic heterocycles. The number of nitrogen functional groups attached to an aromatic ring is 1. The number of carbonyl (C=O) groups is 1. The number of halogens is 2. The Morgan fingerprint density at radius 1 is 1.38 bits per heavy atom. The molecule has 0 bridgehead atoms. The molecule has 0 saturated heterocycles. The Morgan fingerprint density at radius 3 is 2.67 bits per heavy atom. The van der Waals surface area contributed by atoms with Gasteiger partial charge in [0.05, 0.1) is 24.2 Å². The minimum Gasteiger partial charge on any atom is -0.462 e. The Kier molecular flexibility index (Phi) is 5.19. The quantitative estimate of drug-likeness (QED) is 0.736. The Labute approximate surface area is 139 Å². The Morgan fingerprint density at radius 2 is 2.05 bits per heavy atom. The summed E-state index contributed by atoms with van der Waals surface area (Å²) < 4.78 is 6.70. The number of para-hydroxylation sites is 1. The number of pyridine rings is 1. The lowest BCUT2D eigenvalue weighted by Crippen LogP contribution is -2.10. The van der Waals surface area contributed by atoms with Gasteiger partial charge in [0.2, 0.25) is 0 Å². The van der Waals surface area contributed by atoms with Gasteiger partial charge in [-0.05, 0) is 57.0 Å². The number of rotatable bonds is 4. The maximum absolute atomic E-state index is 12.0. The van der Waals surface area contributed by atoms with E-state index in [-0.39, 0.29) is 6.61 Å². The van der Waals surface area contributed by atoms with Crippen molar-refractivity contribution in [2.45, 2.75) is 6.92 Å². The third-order valence-electron chi connectivity index (χ3n) is 2.61. The summed E-state index contributed by atoms with van der Waals surface area (Å²) in [5.74, 6) is -0.0850. The summed E-state index contributed by atoms with van der Waals surface area (Å²) in [4.78, 5) is 16.2. The number of nitrogens with one attached hydrogen (secondary N) is 1. The van der Waals surface area contributed by atoms with Crippen molar-refractivity contribution in [2.24, 2.45) is 0 Å². The van der Waals surface area contributed by atoms with Gasteiger partial charge in [-0.2, -0.15) is 0 Å². The molecule has 0 aliphatic rings. The molecule has 5 nitrogen and oxygen atoms in total. The van der Waals surface area contributed by atoms with Crippen LogP contribution in [0, 0.1) is 0 Å². The summed E-state index contributed by atoms with van der Waals surface area (Å²) in [5.41, 5.74) is 7.15. The SMILES string of the molecule is CCOC(=O)c1cc(N)cnc1Nc1c(Br)cccc1Br. The maximum atomic E-state index is 12.0. The van der Waals surface area contributed by atoms with E-state index in [0.29, 0.717) is 17.1 Å². The van der Waals surface area contributed by atoms with Crippen molar-refractivity contribution in [2.75, 3.05) is 17.7 Å². The molecular weight excluding hydrogens is 402 g/mol. The largest absolute Gasteiger partial charge is 0.462 e. The summed E-state index contributed by atoms with van der Waals surface area (Å²) in [6.45, 7) is 2.03. The first-order chi connectivity index (χ1) is 10.0. The van der Waals surface area contributed by atoms with Gasteiger partial charge in [-0.1, -0.05) is 6.07 Å². The molecule has 7 heteroatoms. The van der Waals surface area contributed by atoms with Crippen LogP contribution in [0.25, 0.3) is 0 Å². The molecule has 0 radical (unpaired) electrons. The van der Waals surface area contributed by atoms with Crippen molar-refractivity contribution >= 4 is 55.0 Å². The van der Waals surface area contributed by atoms with E-state index in [0.717, 1.165) is 14.6 Å². The van der Waals surface area contributed by atoms with Crippen LogP contribution in [0.2, 0.25) is 0 Å². The lowest BCUT2D eigenvalue weighted by atomic mass is 10.2. The first-order valence-electron chi connectivity index (χ1n) is 6.16. The highest BCUT2D eigenvalue weighted by Crippen LogP contribution is 2.33. The van der Waals surface area contributed by atoms with Gasteiger partial charge in [0.1, 0.15) is 11.4 Å². The molecule has 1 aromatic carbocycles. The van der Waals surface area contributed by atoms with Crippen molar-refractivity contribution in [1.29, 1.82) is 0 Å². The number of esters is 1. The zero-order valence-electron chi connectivity index (χ0n) is 11.2. The second-order valence-electron chi connectivity index (χ2n) is 4.11. The first kappa shape index (κ1) is 15.8. The van der Waals surface area contributed by atoms with Crippen LogP contribution < -0.4 is 11.1 Å². The smallest absolute Gasteiger partial charge is 0.341 e. The van der Waals surface area contributed by atoms with E-state index in [2.05, 4.69) is 42.2 Å². The third kappa shape index (κ3) is 3.74. The van der Waals surface area contributed by atoms with Crippen molar-refractivity contribution in [1.82, 2.24) is 4.98 Å². The van der Waals surface area contributed by atoms with E-state index in [1.165, 1.54) is 12.3 Å². The summed E-state index contributed by atoms with van der Waals surface area (Å²) in [6.07, 6.45) is 1.48. The van der Waals surface area contributed by atoms with Gasteiger partial charge in [0, 0.05) is 8.95 Å². The molecule has 21 heavy (non-hydrogen) atoms. The van der Waals surface area contributed by atoms with E-state index < -0.39 is 5.97 Å². The lowest BCUT2D eigenvalue weighted by Gasteiger charge is -2.13. The fraction of sp³-hybridized carbons (Fsp3) is 0.143. The van der Waals surface area contributed by atoms with Crippen molar-refractivity contribution in [3.63, 3.8) is 0 Å². The second kappa shape index (κ2) is 6.91. The van der Waals surface area contributed by atoms with Crippen molar-refractivity contribution < 1.29 is 9.53 Å². The predicted molar refractivity (Wildman–Crippen MR) is 89.7 cm³/mol. The lowest BCUT2D eigenvalue weighted by molar-refractivity contribution is 0.0527. The van der Waals surface area contributed by atoms with Crippen LogP contribution in [-0.4, -0.2) is 17.6 Å².